The van der Waals surface area contributed by atoms with Crippen LogP contribution in [0.4, 0.5) is 10.1 Å². The van der Waals surface area contributed by atoms with E-state index in [0.29, 0.717) is 5.25 Å². The number of methoxy groups -OCH3 is 1. The van der Waals surface area contributed by atoms with Gasteiger partial charge in [-0.15, -0.1) is 11.8 Å². The third-order valence-corrected chi connectivity index (χ3v) is 8.35. The normalized spacial score (nSPS) is 15.4. The third-order valence-electron chi connectivity index (χ3n) is 5.73. The number of nitrogens with one attached hydrogen (secondary N) is 1. The number of nitrogens with zero attached hydrogens (tertiary/aromatic N) is 3. The Kier molecular flexibility index (Phi) is 7.93. The Labute approximate surface area is 201 Å². The number of piperidine rings is 1. The zero-order valence-corrected chi connectivity index (χ0v) is 20.3. The molecule has 33 heavy (non-hydrogen) atoms. The minimum absolute atomic E-state index is 0.190. The highest BCUT2D eigenvalue weighted by molar-refractivity contribution is 8.00. The number of thioether (sulfide) groups is 2. The lowest BCUT2D eigenvalue weighted by atomic mass is 10.1. The maximum Gasteiger partial charge on any atom is 0.307 e. The summed E-state index contributed by atoms with van der Waals surface area (Å²) < 4.78 is 18.1. The summed E-state index contributed by atoms with van der Waals surface area (Å²) in [6.07, 6.45) is 7.60. The molecule has 1 N–H and O–H groups in total. The van der Waals surface area contributed by atoms with Crippen molar-refractivity contribution < 1.29 is 13.9 Å². The highest BCUT2D eigenvalue weighted by Crippen LogP contribution is 2.40. The second-order valence-electron chi connectivity index (χ2n) is 7.88. The van der Waals surface area contributed by atoms with Crippen LogP contribution in [0, 0.1) is 12.7 Å². The molecule has 0 bridgehead atoms. The van der Waals surface area contributed by atoms with Gasteiger partial charge in [-0.05, 0) is 55.7 Å². The fraction of sp³-hybridized carbons (Fsp3) is 0.375. The minimum Gasteiger partial charge on any atom is -0.469 e. The van der Waals surface area contributed by atoms with E-state index >= 15 is 0 Å². The second kappa shape index (κ2) is 11.1. The van der Waals surface area contributed by atoms with Crippen molar-refractivity contribution in [1.82, 2.24) is 15.0 Å². The molecule has 0 spiro atoms. The first kappa shape index (κ1) is 23.6. The number of H-pyrrole nitrogens is 1. The molecule has 1 unspecified atom stereocenters. The van der Waals surface area contributed by atoms with Gasteiger partial charge in [-0.1, -0.05) is 11.8 Å². The number of halogens is 1. The maximum absolute atomic E-state index is 13.2. The average molecular weight is 487 g/mol. The number of rotatable bonds is 8. The Morgan fingerprint density at radius 1 is 1.21 bits per heavy atom. The molecule has 1 aliphatic heterocycles. The highest BCUT2D eigenvalue weighted by Gasteiger charge is 2.25. The van der Waals surface area contributed by atoms with Crippen molar-refractivity contribution in [3.63, 3.8) is 0 Å². The number of benzene rings is 1. The molecule has 0 saturated carbocycles. The zero-order chi connectivity index (χ0) is 23.2. The summed E-state index contributed by atoms with van der Waals surface area (Å²) in [7, 11) is 1.40. The maximum atomic E-state index is 13.2. The average Bonchev–Trinajstić information content (AvgIpc) is 3.34. The van der Waals surface area contributed by atoms with Crippen molar-refractivity contribution in [2.24, 2.45) is 0 Å². The van der Waals surface area contributed by atoms with Gasteiger partial charge in [-0.25, -0.2) is 9.37 Å². The van der Waals surface area contributed by atoms with Crippen LogP contribution in [-0.4, -0.2) is 46.4 Å². The molecule has 4 rings (SSSR count). The van der Waals surface area contributed by atoms with Crippen LogP contribution in [0.25, 0.3) is 0 Å². The molecule has 3 heterocycles. The van der Waals surface area contributed by atoms with E-state index in [4.69, 9.17) is 4.74 Å². The van der Waals surface area contributed by atoms with Crippen LogP contribution in [0.1, 0.15) is 35.8 Å². The molecule has 0 radical (unpaired) electrons. The lowest BCUT2D eigenvalue weighted by Gasteiger charge is -2.33. The molecule has 1 fully saturated rings. The number of imidazole rings is 1. The SMILES string of the molecule is COC(=O)CC(Sc1ncc[nH]1)c1nccc(SC2CCN(c3ccc(F)cc3)CC2)c1C. The fourth-order valence-corrected chi connectivity index (χ4v) is 6.25. The number of pyridine rings is 1. The summed E-state index contributed by atoms with van der Waals surface area (Å²) in [5.41, 5.74) is 3.05. The Morgan fingerprint density at radius 3 is 2.64 bits per heavy atom. The van der Waals surface area contributed by atoms with Gasteiger partial charge in [0.25, 0.3) is 0 Å². The summed E-state index contributed by atoms with van der Waals surface area (Å²) in [6, 6.07) is 8.79. The first-order valence-electron chi connectivity index (χ1n) is 10.9. The summed E-state index contributed by atoms with van der Waals surface area (Å²) in [6.45, 7) is 3.96. The summed E-state index contributed by atoms with van der Waals surface area (Å²) in [5, 5.41) is 1.05. The number of aromatic nitrogens is 3. The van der Waals surface area contributed by atoms with Gasteiger partial charge in [0.15, 0.2) is 5.16 Å². The highest BCUT2D eigenvalue weighted by atomic mass is 32.2. The standard InChI is InChI=1S/C24H27FN4O2S2/c1-16-20(32-19-8-13-29(14-9-19)18-5-3-17(25)4-6-18)7-10-26-23(16)21(15-22(30)31-2)33-24-27-11-12-28-24/h3-7,10-12,19,21H,8-9,13-15H2,1-2H3,(H,27,28). The lowest BCUT2D eigenvalue weighted by molar-refractivity contribution is -0.140. The number of esters is 1. The molecular weight excluding hydrogens is 459 g/mol. The number of carbonyl (C=O) groups is 1. The van der Waals surface area contributed by atoms with Crippen LogP contribution in [0.3, 0.4) is 0 Å². The predicted molar refractivity (Wildman–Crippen MR) is 130 cm³/mol. The minimum atomic E-state index is -0.272. The quantitative estimate of drug-likeness (QED) is 0.337. The Morgan fingerprint density at radius 2 is 1.97 bits per heavy atom. The van der Waals surface area contributed by atoms with E-state index in [2.05, 4.69) is 32.8 Å². The van der Waals surface area contributed by atoms with E-state index in [0.717, 1.165) is 48.0 Å². The largest absolute Gasteiger partial charge is 0.469 e. The molecule has 0 amide bonds. The van der Waals surface area contributed by atoms with Gasteiger partial charge >= 0.3 is 5.97 Å². The molecule has 0 aliphatic carbocycles. The van der Waals surface area contributed by atoms with Gasteiger partial charge in [0.1, 0.15) is 5.82 Å². The van der Waals surface area contributed by atoms with Crippen molar-refractivity contribution in [2.45, 2.75) is 46.7 Å². The Hall–Kier alpha value is -2.52. The van der Waals surface area contributed by atoms with Crippen LogP contribution in [0.2, 0.25) is 0 Å². The van der Waals surface area contributed by atoms with Crippen LogP contribution >= 0.6 is 23.5 Å². The smallest absolute Gasteiger partial charge is 0.307 e. The van der Waals surface area contributed by atoms with E-state index in [-0.39, 0.29) is 23.5 Å². The van der Waals surface area contributed by atoms with E-state index < -0.39 is 0 Å². The van der Waals surface area contributed by atoms with Gasteiger partial charge in [-0.2, -0.15) is 0 Å². The molecule has 1 aliphatic rings. The number of ether oxygens (including phenoxy) is 1. The van der Waals surface area contributed by atoms with Gasteiger partial charge < -0.3 is 14.6 Å². The number of hydrogen-bond donors (Lipinski definition) is 1. The van der Waals surface area contributed by atoms with Crippen molar-refractivity contribution in [2.75, 3.05) is 25.1 Å². The Balaban J connectivity index is 1.44. The van der Waals surface area contributed by atoms with Crippen molar-refractivity contribution in [1.29, 1.82) is 0 Å². The van der Waals surface area contributed by atoms with Gasteiger partial charge in [0.05, 0.1) is 24.5 Å². The van der Waals surface area contributed by atoms with Crippen molar-refractivity contribution in [3.8, 4) is 0 Å². The van der Waals surface area contributed by atoms with Crippen LogP contribution in [0.15, 0.2) is 59.0 Å². The molecule has 174 valence electrons. The zero-order valence-electron chi connectivity index (χ0n) is 18.7. The second-order valence-corrected chi connectivity index (χ2v) is 10.4. The molecule has 9 heteroatoms. The predicted octanol–water partition coefficient (Wildman–Crippen LogP) is 5.41. The van der Waals surface area contributed by atoms with E-state index in [1.54, 1.807) is 12.4 Å². The van der Waals surface area contributed by atoms with E-state index in [9.17, 15) is 9.18 Å². The van der Waals surface area contributed by atoms with Crippen LogP contribution < -0.4 is 4.90 Å². The molecule has 3 aromatic rings. The summed E-state index contributed by atoms with van der Waals surface area (Å²) >= 11 is 3.37. The van der Waals surface area contributed by atoms with E-state index in [1.165, 1.54) is 35.9 Å². The van der Waals surface area contributed by atoms with Gasteiger partial charge in [-0.3, -0.25) is 9.78 Å². The van der Waals surface area contributed by atoms with Crippen molar-refractivity contribution in [3.05, 3.63) is 66.0 Å². The van der Waals surface area contributed by atoms with E-state index in [1.807, 2.05) is 30.1 Å². The first-order valence-corrected chi connectivity index (χ1v) is 12.6. The molecular formula is C24H27FN4O2S2. The Bertz CT molecular complexity index is 1050. The molecule has 2 aromatic heterocycles. The topological polar surface area (TPSA) is 71.1 Å². The number of anilines is 1. The van der Waals surface area contributed by atoms with Crippen molar-refractivity contribution >= 4 is 35.2 Å². The van der Waals surface area contributed by atoms with Gasteiger partial charge in [0.2, 0.25) is 0 Å². The molecule has 1 saturated heterocycles. The number of carbonyl (C=O) groups excluding carboxylic acids is 1. The lowest BCUT2D eigenvalue weighted by Crippen LogP contribution is -2.34. The number of aromatic amines is 1. The molecule has 6 nitrogen and oxygen atoms in total. The summed E-state index contributed by atoms with van der Waals surface area (Å²) in [4.78, 5) is 27.6. The van der Waals surface area contributed by atoms with Gasteiger partial charge in [0, 0.05) is 47.5 Å². The third kappa shape index (κ3) is 6.09. The fourth-order valence-electron chi connectivity index (χ4n) is 3.93. The van der Waals surface area contributed by atoms with Crippen LogP contribution in [0.5, 0.6) is 0 Å². The monoisotopic (exact) mass is 486 g/mol. The summed E-state index contributed by atoms with van der Waals surface area (Å²) in [5.74, 6) is -0.477. The molecule has 1 aromatic carbocycles. The van der Waals surface area contributed by atoms with Crippen LogP contribution in [-0.2, 0) is 9.53 Å². The molecule has 1 atom stereocenters. The first-order chi connectivity index (χ1) is 16.0. The number of hydrogen-bond acceptors (Lipinski definition) is 7.